The van der Waals surface area contributed by atoms with Crippen molar-refractivity contribution < 1.29 is 14.3 Å². The molecule has 30 heavy (non-hydrogen) atoms. The van der Waals surface area contributed by atoms with E-state index < -0.39 is 11.9 Å². The molecule has 0 aliphatic heterocycles. The van der Waals surface area contributed by atoms with Gasteiger partial charge in [-0.2, -0.15) is 5.26 Å². The summed E-state index contributed by atoms with van der Waals surface area (Å²) in [5, 5.41) is 11.4. The second-order valence-corrected chi connectivity index (χ2v) is 6.55. The molecule has 3 rings (SSSR count). The normalized spacial score (nSPS) is 10.3. The maximum absolute atomic E-state index is 12.6. The number of nitriles is 1. The first-order valence-electron chi connectivity index (χ1n) is 9.03. The van der Waals surface area contributed by atoms with E-state index in [0.717, 1.165) is 5.56 Å². The molecule has 0 spiro atoms. The minimum atomic E-state index is -0.654. The lowest BCUT2D eigenvalue weighted by molar-refractivity contribution is -0.115. The lowest BCUT2D eigenvalue weighted by atomic mass is 10.1. The molecule has 2 heterocycles. The molecule has 0 aliphatic carbocycles. The van der Waals surface area contributed by atoms with Gasteiger partial charge in [0.2, 0.25) is 5.91 Å². The quantitative estimate of drug-likeness (QED) is 0.581. The van der Waals surface area contributed by atoms with Crippen molar-refractivity contribution in [2.24, 2.45) is 0 Å². The summed E-state index contributed by atoms with van der Waals surface area (Å²) in [6.45, 7) is 1.82. The SMILES string of the molecule is CCOC(=O)c1c(NC(=O)CC#N)cc(Cl)n1-c1ccc(-c2cccc(N)n2)cc1. The van der Waals surface area contributed by atoms with E-state index in [1.807, 2.05) is 24.3 Å². The number of nitrogens with zero attached hydrogens (tertiary/aromatic N) is 3. The number of benzene rings is 1. The van der Waals surface area contributed by atoms with Crippen molar-refractivity contribution in [1.29, 1.82) is 5.26 Å². The molecule has 0 saturated carbocycles. The van der Waals surface area contributed by atoms with E-state index in [1.165, 1.54) is 10.6 Å². The number of hydrogen-bond donors (Lipinski definition) is 2. The van der Waals surface area contributed by atoms with E-state index in [-0.39, 0.29) is 29.6 Å². The highest BCUT2D eigenvalue weighted by Crippen LogP contribution is 2.31. The maximum Gasteiger partial charge on any atom is 0.357 e. The van der Waals surface area contributed by atoms with Crippen molar-refractivity contribution in [2.75, 3.05) is 17.7 Å². The molecule has 0 bridgehead atoms. The van der Waals surface area contributed by atoms with Crippen molar-refractivity contribution in [3.63, 3.8) is 0 Å². The smallest absolute Gasteiger partial charge is 0.357 e. The van der Waals surface area contributed by atoms with Crippen LogP contribution >= 0.6 is 11.6 Å². The van der Waals surface area contributed by atoms with E-state index in [4.69, 9.17) is 27.3 Å². The molecule has 8 nitrogen and oxygen atoms in total. The van der Waals surface area contributed by atoms with Crippen LogP contribution in [-0.2, 0) is 9.53 Å². The zero-order valence-electron chi connectivity index (χ0n) is 16.1. The fourth-order valence-corrected chi connectivity index (χ4v) is 3.18. The highest BCUT2D eigenvalue weighted by atomic mass is 35.5. The van der Waals surface area contributed by atoms with Gasteiger partial charge >= 0.3 is 5.97 Å². The van der Waals surface area contributed by atoms with Crippen molar-refractivity contribution >= 4 is 35.0 Å². The number of nitrogen functional groups attached to an aromatic ring is 1. The molecule has 1 amide bonds. The van der Waals surface area contributed by atoms with Gasteiger partial charge in [-0.25, -0.2) is 9.78 Å². The van der Waals surface area contributed by atoms with Crippen LogP contribution in [0, 0.1) is 11.3 Å². The van der Waals surface area contributed by atoms with Crippen LogP contribution in [0.5, 0.6) is 0 Å². The zero-order valence-corrected chi connectivity index (χ0v) is 16.8. The Kier molecular flexibility index (Phi) is 6.35. The van der Waals surface area contributed by atoms with Gasteiger partial charge in [-0.3, -0.25) is 9.36 Å². The van der Waals surface area contributed by atoms with Crippen molar-refractivity contribution in [3.05, 3.63) is 59.4 Å². The van der Waals surface area contributed by atoms with Crippen LogP contribution in [-0.4, -0.2) is 28.0 Å². The number of hydrogen-bond acceptors (Lipinski definition) is 6. The van der Waals surface area contributed by atoms with Crippen LogP contribution in [0.4, 0.5) is 11.5 Å². The molecule has 0 fully saturated rings. The summed E-state index contributed by atoms with van der Waals surface area (Å²) in [6, 6.07) is 15.7. The topological polar surface area (TPSA) is 123 Å². The van der Waals surface area contributed by atoms with Crippen molar-refractivity contribution in [2.45, 2.75) is 13.3 Å². The van der Waals surface area contributed by atoms with E-state index in [1.54, 1.807) is 31.2 Å². The third kappa shape index (κ3) is 4.42. The molecule has 0 unspecified atom stereocenters. The average Bonchev–Trinajstić information content (AvgIpc) is 3.04. The number of pyridine rings is 1. The summed E-state index contributed by atoms with van der Waals surface area (Å²) in [4.78, 5) is 28.8. The second kappa shape index (κ2) is 9.11. The highest BCUT2D eigenvalue weighted by Gasteiger charge is 2.24. The molecule has 1 aromatic carbocycles. The summed E-state index contributed by atoms with van der Waals surface area (Å²) in [7, 11) is 0. The predicted molar refractivity (Wildman–Crippen MR) is 113 cm³/mol. The number of halogens is 1. The first-order chi connectivity index (χ1) is 14.4. The van der Waals surface area contributed by atoms with Gasteiger partial charge in [0, 0.05) is 11.3 Å². The van der Waals surface area contributed by atoms with Crippen LogP contribution in [0.25, 0.3) is 16.9 Å². The summed E-state index contributed by atoms with van der Waals surface area (Å²) in [5.41, 5.74) is 8.08. The molecule has 9 heteroatoms. The number of esters is 1. The second-order valence-electron chi connectivity index (χ2n) is 6.16. The number of carbonyl (C=O) groups excluding carboxylic acids is 2. The number of anilines is 2. The summed E-state index contributed by atoms with van der Waals surface area (Å²) in [6.07, 6.45) is -0.354. The molecular weight excluding hydrogens is 406 g/mol. The molecule has 0 aliphatic rings. The third-order valence-electron chi connectivity index (χ3n) is 4.13. The Bertz CT molecular complexity index is 1130. The van der Waals surface area contributed by atoms with Gasteiger partial charge in [-0.15, -0.1) is 0 Å². The summed E-state index contributed by atoms with van der Waals surface area (Å²) in [5.74, 6) is -0.800. The fourth-order valence-electron chi connectivity index (χ4n) is 2.89. The van der Waals surface area contributed by atoms with Crippen molar-refractivity contribution in [3.8, 4) is 23.0 Å². The predicted octanol–water partition coefficient (Wildman–Crippen LogP) is 3.80. The first kappa shape index (κ1) is 20.9. The van der Waals surface area contributed by atoms with Crippen LogP contribution in [0.1, 0.15) is 23.8 Å². The molecule has 0 saturated heterocycles. The van der Waals surface area contributed by atoms with Gasteiger partial charge in [-0.1, -0.05) is 29.8 Å². The Hall–Kier alpha value is -3.83. The standard InChI is InChI=1S/C21H18ClN5O3/c1-2-30-21(29)20-16(26-19(28)10-11-23)12-17(22)27(20)14-8-6-13(7-9-14)15-4-3-5-18(24)25-15/h3-9,12H,2,10H2,1H3,(H2,24,25)(H,26,28). The number of rotatable bonds is 6. The number of amides is 1. The summed E-state index contributed by atoms with van der Waals surface area (Å²) < 4.78 is 6.60. The molecule has 3 N–H and O–H groups in total. The lowest BCUT2D eigenvalue weighted by Gasteiger charge is -2.12. The molecule has 152 valence electrons. The van der Waals surface area contributed by atoms with E-state index in [0.29, 0.717) is 17.2 Å². The Morgan fingerprint density at radius 1 is 1.27 bits per heavy atom. The van der Waals surface area contributed by atoms with Gasteiger partial charge < -0.3 is 15.8 Å². The Morgan fingerprint density at radius 2 is 2.00 bits per heavy atom. The number of aromatic nitrogens is 2. The average molecular weight is 424 g/mol. The minimum absolute atomic E-state index is 0.0583. The van der Waals surface area contributed by atoms with Crippen LogP contribution < -0.4 is 11.1 Å². The van der Waals surface area contributed by atoms with E-state index in [9.17, 15) is 9.59 Å². The number of carbonyl (C=O) groups is 2. The monoisotopic (exact) mass is 423 g/mol. The Morgan fingerprint density at radius 3 is 2.63 bits per heavy atom. The Labute approximate surface area is 177 Å². The van der Waals surface area contributed by atoms with E-state index >= 15 is 0 Å². The van der Waals surface area contributed by atoms with Gasteiger partial charge in [0.05, 0.1) is 24.1 Å². The summed E-state index contributed by atoms with van der Waals surface area (Å²) >= 11 is 6.38. The van der Waals surface area contributed by atoms with Gasteiger partial charge in [0.15, 0.2) is 5.69 Å². The van der Waals surface area contributed by atoms with Crippen LogP contribution in [0.3, 0.4) is 0 Å². The van der Waals surface area contributed by atoms with Crippen LogP contribution in [0.15, 0.2) is 48.5 Å². The third-order valence-corrected chi connectivity index (χ3v) is 4.41. The molecule has 2 aromatic heterocycles. The minimum Gasteiger partial charge on any atom is -0.461 e. The largest absolute Gasteiger partial charge is 0.461 e. The number of ether oxygens (including phenoxy) is 1. The van der Waals surface area contributed by atoms with E-state index in [2.05, 4.69) is 10.3 Å². The van der Waals surface area contributed by atoms with Crippen molar-refractivity contribution in [1.82, 2.24) is 9.55 Å². The first-order valence-corrected chi connectivity index (χ1v) is 9.41. The number of nitrogens with one attached hydrogen (secondary N) is 1. The van der Waals surface area contributed by atoms with Gasteiger partial charge in [0.1, 0.15) is 17.4 Å². The zero-order chi connectivity index (χ0) is 21.7. The highest BCUT2D eigenvalue weighted by molar-refractivity contribution is 6.31. The molecular formula is C21H18ClN5O3. The molecule has 0 atom stereocenters. The Balaban J connectivity index is 2.04. The molecule has 3 aromatic rings. The number of nitrogens with two attached hydrogens (primary N) is 1. The van der Waals surface area contributed by atoms with Gasteiger partial charge in [-0.05, 0) is 37.3 Å². The fraction of sp³-hybridized carbons (Fsp3) is 0.143. The van der Waals surface area contributed by atoms with Crippen LogP contribution in [0.2, 0.25) is 5.15 Å². The van der Waals surface area contributed by atoms with Gasteiger partial charge in [0.25, 0.3) is 0 Å². The molecule has 0 radical (unpaired) electrons. The lowest BCUT2D eigenvalue weighted by Crippen LogP contribution is -2.17. The maximum atomic E-state index is 12.6.